The van der Waals surface area contributed by atoms with Crippen molar-refractivity contribution in [3.63, 3.8) is 0 Å². The fourth-order valence-electron chi connectivity index (χ4n) is 3.13. The summed E-state index contributed by atoms with van der Waals surface area (Å²) in [5.41, 5.74) is 3.25. The van der Waals surface area contributed by atoms with E-state index >= 15 is 0 Å². The van der Waals surface area contributed by atoms with E-state index in [1.54, 1.807) is 6.92 Å². The zero-order chi connectivity index (χ0) is 21.8. The van der Waals surface area contributed by atoms with E-state index in [2.05, 4.69) is 30.6 Å². The lowest BCUT2D eigenvalue weighted by Gasteiger charge is -2.32. The first-order chi connectivity index (χ1) is 14.3. The summed E-state index contributed by atoms with van der Waals surface area (Å²) in [6.07, 6.45) is 1.33. The molecular formula is C18H22Cl2N6O4. The smallest absolute Gasteiger partial charge is 0.293 e. The highest BCUT2D eigenvalue weighted by molar-refractivity contribution is 6.44. The fraction of sp³-hybridized carbons (Fsp3) is 0.444. The van der Waals surface area contributed by atoms with Gasteiger partial charge in [-0.25, -0.2) is 10.5 Å². The van der Waals surface area contributed by atoms with E-state index in [4.69, 9.17) is 27.9 Å². The average Bonchev–Trinajstić information content (AvgIpc) is 3.01. The second-order valence-electron chi connectivity index (χ2n) is 6.72. The lowest BCUT2D eigenvalue weighted by Crippen LogP contribution is -2.45. The van der Waals surface area contributed by atoms with Crippen LogP contribution in [0.3, 0.4) is 0 Å². The minimum absolute atomic E-state index is 0.0472. The van der Waals surface area contributed by atoms with Gasteiger partial charge in [-0.2, -0.15) is 4.98 Å². The molecule has 10 nitrogen and oxygen atoms in total. The minimum atomic E-state index is -0.501. The second-order valence-corrected chi connectivity index (χ2v) is 7.47. The Labute approximate surface area is 183 Å². The summed E-state index contributed by atoms with van der Waals surface area (Å²) in [4.78, 5) is 42.7. The number of nitrogens with one attached hydrogen (secondary N) is 3. The average molecular weight is 457 g/mol. The molecule has 1 saturated heterocycles. The molecule has 162 valence electrons. The standard InChI is InChI=1S/C18H22Cl2N6O4/c1-9-13(19)14(20)15(21-9)17(28)22-10-4-6-26(7-5-10)18-23-11(16(27)25-30-3)8-12(24-18)29-2/h8,10,21H,4-7H2,1-3H3,(H,22,28)(H,25,27). The highest BCUT2D eigenvalue weighted by Gasteiger charge is 2.26. The van der Waals surface area contributed by atoms with Gasteiger partial charge in [0.1, 0.15) is 11.4 Å². The molecule has 2 aromatic rings. The summed E-state index contributed by atoms with van der Waals surface area (Å²) in [6, 6.07) is 1.38. The molecule has 0 saturated carbocycles. The quantitative estimate of drug-likeness (QED) is 0.568. The van der Waals surface area contributed by atoms with E-state index in [1.807, 2.05) is 4.90 Å². The Morgan fingerprint density at radius 2 is 1.87 bits per heavy atom. The number of rotatable bonds is 6. The molecule has 0 bridgehead atoms. The molecule has 0 atom stereocenters. The van der Waals surface area contributed by atoms with Crippen molar-refractivity contribution in [3.05, 3.63) is 33.2 Å². The number of hydroxylamine groups is 1. The molecule has 0 aromatic carbocycles. The monoisotopic (exact) mass is 456 g/mol. The van der Waals surface area contributed by atoms with Crippen LogP contribution in [0.1, 0.15) is 39.5 Å². The Bertz CT molecular complexity index is 943. The number of anilines is 1. The summed E-state index contributed by atoms with van der Waals surface area (Å²) >= 11 is 12.2. The maximum Gasteiger partial charge on any atom is 0.293 e. The summed E-state index contributed by atoms with van der Waals surface area (Å²) in [6.45, 7) is 2.92. The van der Waals surface area contributed by atoms with Gasteiger partial charge in [0.15, 0.2) is 0 Å². The summed E-state index contributed by atoms with van der Waals surface area (Å²) in [5, 5.41) is 3.54. The van der Waals surface area contributed by atoms with Crippen LogP contribution in [0.2, 0.25) is 10.0 Å². The number of carbonyl (C=O) groups is 2. The molecule has 2 aromatic heterocycles. The Hall–Kier alpha value is -2.56. The van der Waals surface area contributed by atoms with Gasteiger partial charge < -0.3 is 19.9 Å². The Morgan fingerprint density at radius 3 is 2.43 bits per heavy atom. The number of piperidine rings is 1. The van der Waals surface area contributed by atoms with Crippen molar-refractivity contribution in [1.29, 1.82) is 0 Å². The number of halogens is 2. The van der Waals surface area contributed by atoms with E-state index in [0.717, 1.165) is 0 Å². The number of hydrogen-bond acceptors (Lipinski definition) is 7. The first-order valence-electron chi connectivity index (χ1n) is 9.19. The lowest BCUT2D eigenvalue weighted by atomic mass is 10.1. The van der Waals surface area contributed by atoms with Gasteiger partial charge in [-0.3, -0.25) is 14.4 Å². The van der Waals surface area contributed by atoms with Crippen molar-refractivity contribution in [2.45, 2.75) is 25.8 Å². The van der Waals surface area contributed by atoms with E-state index < -0.39 is 5.91 Å². The molecular weight excluding hydrogens is 435 g/mol. The molecule has 12 heteroatoms. The van der Waals surface area contributed by atoms with E-state index in [-0.39, 0.29) is 34.2 Å². The summed E-state index contributed by atoms with van der Waals surface area (Å²) in [5.74, 6) is -0.163. The predicted octanol–water partition coefficient (Wildman–Crippen LogP) is 2.12. The molecule has 3 heterocycles. The van der Waals surface area contributed by atoms with Crippen molar-refractivity contribution >= 4 is 41.0 Å². The largest absolute Gasteiger partial charge is 0.481 e. The minimum Gasteiger partial charge on any atom is -0.481 e. The van der Waals surface area contributed by atoms with Crippen LogP contribution in [0.4, 0.5) is 5.95 Å². The molecule has 3 N–H and O–H groups in total. The molecule has 30 heavy (non-hydrogen) atoms. The Morgan fingerprint density at radius 1 is 1.17 bits per heavy atom. The van der Waals surface area contributed by atoms with Crippen molar-refractivity contribution in [2.24, 2.45) is 0 Å². The van der Waals surface area contributed by atoms with Gasteiger partial charge in [-0.15, -0.1) is 0 Å². The zero-order valence-corrected chi connectivity index (χ0v) is 18.2. The van der Waals surface area contributed by atoms with Crippen molar-refractivity contribution in [2.75, 3.05) is 32.2 Å². The predicted molar refractivity (Wildman–Crippen MR) is 111 cm³/mol. The molecule has 2 amide bonds. The lowest BCUT2D eigenvalue weighted by molar-refractivity contribution is 0.0531. The van der Waals surface area contributed by atoms with E-state index in [0.29, 0.717) is 42.6 Å². The highest BCUT2D eigenvalue weighted by Crippen LogP contribution is 2.29. The van der Waals surface area contributed by atoms with Crippen LogP contribution >= 0.6 is 23.2 Å². The molecule has 0 spiro atoms. The van der Waals surface area contributed by atoms with Gasteiger partial charge in [-0.05, 0) is 19.8 Å². The first kappa shape index (κ1) is 22.1. The van der Waals surface area contributed by atoms with Crippen molar-refractivity contribution < 1.29 is 19.2 Å². The molecule has 1 fully saturated rings. The van der Waals surface area contributed by atoms with Crippen LogP contribution in [-0.4, -0.2) is 60.1 Å². The van der Waals surface area contributed by atoms with Crippen LogP contribution in [-0.2, 0) is 4.84 Å². The Kier molecular flexibility index (Phi) is 7.01. The third-order valence-corrected chi connectivity index (χ3v) is 5.67. The number of methoxy groups -OCH3 is 1. The molecule has 1 aliphatic rings. The first-order valence-corrected chi connectivity index (χ1v) is 9.95. The maximum atomic E-state index is 12.5. The fourth-order valence-corrected chi connectivity index (χ4v) is 3.55. The number of carbonyl (C=O) groups excluding carboxylic acids is 2. The molecule has 1 aliphatic heterocycles. The molecule has 0 unspecified atom stereocenters. The van der Waals surface area contributed by atoms with Crippen LogP contribution in [0, 0.1) is 6.92 Å². The molecule has 0 radical (unpaired) electrons. The highest BCUT2D eigenvalue weighted by atomic mass is 35.5. The summed E-state index contributed by atoms with van der Waals surface area (Å²) in [7, 11) is 2.80. The van der Waals surface area contributed by atoms with Gasteiger partial charge in [0, 0.05) is 30.9 Å². The summed E-state index contributed by atoms with van der Waals surface area (Å²) < 4.78 is 5.18. The number of H-pyrrole nitrogens is 1. The molecule has 3 rings (SSSR count). The van der Waals surface area contributed by atoms with Crippen LogP contribution in [0.5, 0.6) is 5.88 Å². The molecule has 0 aliphatic carbocycles. The maximum absolute atomic E-state index is 12.5. The third-order valence-electron chi connectivity index (χ3n) is 4.72. The number of ether oxygens (including phenoxy) is 1. The third kappa shape index (κ3) is 4.77. The van der Waals surface area contributed by atoms with E-state index in [1.165, 1.54) is 20.3 Å². The van der Waals surface area contributed by atoms with Gasteiger partial charge in [0.25, 0.3) is 11.8 Å². The van der Waals surface area contributed by atoms with Crippen LogP contribution in [0.15, 0.2) is 6.07 Å². The van der Waals surface area contributed by atoms with Gasteiger partial charge in [0.05, 0.1) is 24.3 Å². The van der Waals surface area contributed by atoms with Crippen molar-refractivity contribution in [1.82, 2.24) is 25.7 Å². The number of aromatic amines is 1. The number of aryl methyl sites for hydroxylation is 1. The van der Waals surface area contributed by atoms with Crippen LogP contribution < -0.4 is 20.4 Å². The number of nitrogens with zero attached hydrogens (tertiary/aromatic N) is 3. The number of amides is 2. The van der Waals surface area contributed by atoms with Gasteiger partial charge in [-0.1, -0.05) is 23.2 Å². The van der Waals surface area contributed by atoms with Crippen molar-refractivity contribution in [3.8, 4) is 5.88 Å². The Balaban J connectivity index is 1.65. The van der Waals surface area contributed by atoms with Gasteiger partial charge in [0.2, 0.25) is 11.8 Å². The number of aromatic nitrogens is 3. The van der Waals surface area contributed by atoms with E-state index in [9.17, 15) is 9.59 Å². The SMILES string of the molecule is CONC(=O)c1cc(OC)nc(N2CCC(NC(=O)c3[nH]c(C)c(Cl)c3Cl)CC2)n1. The van der Waals surface area contributed by atoms with Crippen LogP contribution in [0.25, 0.3) is 0 Å². The normalized spacial score (nSPS) is 14.5. The van der Waals surface area contributed by atoms with Gasteiger partial charge >= 0.3 is 0 Å². The zero-order valence-electron chi connectivity index (χ0n) is 16.7. The topological polar surface area (TPSA) is 121 Å². The second kappa shape index (κ2) is 9.50. The number of hydrogen-bond donors (Lipinski definition) is 3.